The van der Waals surface area contributed by atoms with E-state index in [1.165, 1.54) is 33.4 Å². The summed E-state index contributed by atoms with van der Waals surface area (Å²) >= 11 is 6.81. The van der Waals surface area contributed by atoms with Gasteiger partial charge in [0.2, 0.25) is 0 Å². The Morgan fingerprint density at radius 1 is 0.889 bits per heavy atom. The summed E-state index contributed by atoms with van der Waals surface area (Å²) in [5, 5.41) is 29.5. The topological polar surface area (TPSA) is 125 Å². The highest BCUT2D eigenvalue weighted by Gasteiger charge is 2.22. The zero-order valence-electron chi connectivity index (χ0n) is 31.1. The van der Waals surface area contributed by atoms with Gasteiger partial charge < -0.3 is 40.4 Å². The Morgan fingerprint density at radius 3 is 2.44 bits per heavy atom. The lowest BCUT2D eigenvalue weighted by Crippen LogP contribution is -2.31. The molecule has 0 aliphatic heterocycles. The van der Waals surface area contributed by atoms with Crippen LogP contribution >= 0.6 is 11.6 Å². The summed E-state index contributed by atoms with van der Waals surface area (Å²) in [4.78, 5) is 15.1. The predicted molar refractivity (Wildman–Crippen MR) is 215 cm³/mol. The summed E-state index contributed by atoms with van der Waals surface area (Å²) in [6.07, 6.45) is 5.45. The van der Waals surface area contributed by atoms with E-state index in [0.717, 1.165) is 46.3 Å². The first kappa shape index (κ1) is 38.9. The molecule has 9 nitrogen and oxygen atoms in total. The molecule has 54 heavy (non-hydrogen) atoms. The Bertz CT molecular complexity index is 2070. The monoisotopic (exact) mass is 748 g/mol. The number of ether oxygens (including phenoxy) is 2. The number of fused-ring (bicyclic) bond motifs is 1. The van der Waals surface area contributed by atoms with Crippen molar-refractivity contribution in [3.63, 3.8) is 0 Å². The molecule has 0 amide bonds. The molecule has 0 bridgehead atoms. The Balaban J connectivity index is 1.21. The Hall–Kier alpha value is -4.77. The number of benzene rings is 4. The maximum atomic E-state index is 10.8. The first-order valence-corrected chi connectivity index (χ1v) is 18.8. The molecule has 6 rings (SSSR count). The number of anilines is 1. The average Bonchev–Trinajstić information content (AvgIpc) is 3.59. The molecule has 4 aromatic carbocycles. The molecule has 2 atom stereocenters. The van der Waals surface area contributed by atoms with Crippen molar-refractivity contribution in [2.45, 2.75) is 65.0 Å². The number of carbonyl (C=O) groups excluding carboxylic acids is 1. The lowest BCUT2D eigenvalue weighted by molar-refractivity contribution is -0.109. The van der Waals surface area contributed by atoms with Crippen molar-refractivity contribution < 1.29 is 24.5 Å². The number of nitrogens with zero attached hydrogens (tertiary/aromatic N) is 1. The lowest BCUT2D eigenvalue weighted by Gasteiger charge is -2.19. The molecule has 0 radical (unpaired) electrons. The van der Waals surface area contributed by atoms with Gasteiger partial charge in [0.05, 0.1) is 23.4 Å². The highest BCUT2D eigenvalue weighted by Crippen LogP contribution is 2.38. The largest absolute Gasteiger partial charge is 0.488 e. The van der Waals surface area contributed by atoms with Crippen molar-refractivity contribution >= 4 is 23.6 Å². The summed E-state index contributed by atoms with van der Waals surface area (Å²) in [6.45, 7) is 6.28. The number of halogens is 1. The third-order valence-corrected chi connectivity index (χ3v) is 10.4. The summed E-state index contributed by atoms with van der Waals surface area (Å²) in [7, 11) is 1.84. The van der Waals surface area contributed by atoms with Gasteiger partial charge in [-0.25, -0.2) is 0 Å². The molecule has 10 heteroatoms. The van der Waals surface area contributed by atoms with Crippen molar-refractivity contribution in [3.8, 4) is 33.8 Å². The highest BCUT2D eigenvalue weighted by atomic mass is 35.5. The van der Waals surface area contributed by atoms with Gasteiger partial charge in [0.25, 0.3) is 0 Å². The van der Waals surface area contributed by atoms with Crippen molar-refractivity contribution in [1.82, 2.24) is 15.6 Å². The molecular weight excluding hydrogens is 700 g/mol. The van der Waals surface area contributed by atoms with E-state index in [1.807, 2.05) is 25.2 Å². The number of nitrogens with one attached hydrogen (secondary N) is 3. The van der Waals surface area contributed by atoms with Crippen LogP contribution in [0.25, 0.3) is 22.3 Å². The van der Waals surface area contributed by atoms with Crippen molar-refractivity contribution in [2.24, 2.45) is 0 Å². The molecule has 1 aliphatic carbocycles. The Kier molecular flexibility index (Phi) is 13.4. The minimum atomic E-state index is -0.779. The summed E-state index contributed by atoms with van der Waals surface area (Å²) in [6, 6.07) is 25.6. The minimum Gasteiger partial charge on any atom is -0.488 e. The number of aromatic nitrogens is 1. The zero-order chi connectivity index (χ0) is 38.0. The second-order valence-corrected chi connectivity index (χ2v) is 14.2. The number of hydrogen-bond acceptors (Lipinski definition) is 9. The van der Waals surface area contributed by atoms with Crippen LogP contribution in [0.3, 0.4) is 0 Å². The molecule has 0 saturated heterocycles. The van der Waals surface area contributed by atoms with Crippen LogP contribution in [0, 0.1) is 13.8 Å². The van der Waals surface area contributed by atoms with Crippen LogP contribution < -0.4 is 25.4 Å². The van der Waals surface area contributed by atoms with Crippen molar-refractivity contribution in [1.29, 1.82) is 0 Å². The molecule has 5 aromatic rings. The first-order valence-electron chi connectivity index (χ1n) is 18.4. The van der Waals surface area contributed by atoms with Crippen molar-refractivity contribution in [3.05, 3.63) is 129 Å². The number of carbonyl (C=O) groups is 1. The molecule has 0 saturated carbocycles. The molecule has 1 aliphatic rings. The van der Waals surface area contributed by atoms with Crippen LogP contribution in [0.4, 0.5) is 5.69 Å². The fraction of sp³-hybridized carbons (Fsp3) is 0.318. The fourth-order valence-corrected chi connectivity index (χ4v) is 7.36. The third-order valence-electron chi connectivity index (χ3n) is 10.1. The highest BCUT2D eigenvalue weighted by molar-refractivity contribution is 6.32. The number of aliphatic hydroxyl groups excluding tert-OH is 2. The van der Waals surface area contributed by atoms with Gasteiger partial charge in [-0.05, 0) is 88.9 Å². The fourth-order valence-electron chi connectivity index (χ4n) is 7.12. The molecule has 5 N–H and O–H groups in total. The van der Waals surface area contributed by atoms with Crippen LogP contribution in [0.1, 0.15) is 45.4 Å². The maximum Gasteiger partial charge on any atom is 0.142 e. The minimum absolute atomic E-state index is 0.0602. The molecular formula is C44H49ClN4O5. The zero-order valence-corrected chi connectivity index (χ0v) is 31.9. The van der Waals surface area contributed by atoms with Gasteiger partial charge in [-0.3, -0.25) is 4.98 Å². The molecule has 282 valence electrons. The van der Waals surface area contributed by atoms with Gasteiger partial charge in [0.15, 0.2) is 0 Å². The summed E-state index contributed by atoms with van der Waals surface area (Å²) in [5.41, 5.74) is 13.4. The Labute approximate surface area is 322 Å². The van der Waals surface area contributed by atoms with Crippen LogP contribution in [-0.4, -0.2) is 60.4 Å². The van der Waals surface area contributed by atoms with Gasteiger partial charge in [-0.2, -0.15) is 0 Å². The summed E-state index contributed by atoms with van der Waals surface area (Å²) < 4.78 is 12.7. The SMILES string of the molecule is CNc1cncc(COc2cc(OCc3cccc(-c4cccc(-c5ccc6c(c5)CC(NCCO)C6)c4C)c3C)c(Cl)cc2CNC[C@@H](O)CC=O)c1. The smallest absolute Gasteiger partial charge is 0.142 e. The van der Waals surface area contributed by atoms with E-state index in [9.17, 15) is 15.0 Å². The van der Waals surface area contributed by atoms with Gasteiger partial charge in [0, 0.05) is 68.7 Å². The third kappa shape index (κ3) is 9.47. The summed E-state index contributed by atoms with van der Waals surface area (Å²) in [5.74, 6) is 1.08. The normalized spacial score (nSPS) is 14.1. The quantitative estimate of drug-likeness (QED) is 0.0605. The number of aliphatic hydroxyl groups is 2. The van der Waals surface area contributed by atoms with Gasteiger partial charge >= 0.3 is 0 Å². The van der Waals surface area contributed by atoms with E-state index in [1.54, 1.807) is 12.4 Å². The average molecular weight is 749 g/mol. The second kappa shape index (κ2) is 18.5. The number of rotatable bonds is 18. The van der Waals surface area contributed by atoms with E-state index in [4.69, 9.17) is 21.1 Å². The van der Waals surface area contributed by atoms with Gasteiger partial charge in [-0.15, -0.1) is 0 Å². The molecule has 1 heterocycles. The van der Waals surface area contributed by atoms with Gasteiger partial charge in [0.1, 0.15) is 31.0 Å². The van der Waals surface area contributed by atoms with E-state index < -0.39 is 6.10 Å². The molecule has 0 fully saturated rings. The second-order valence-electron chi connectivity index (χ2n) is 13.8. The van der Waals surface area contributed by atoms with E-state index in [0.29, 0.717) is 48.5 Å². The maximum absolute atomic E-state index is 10.8. The van der Waals surface area contributed by atoms with Crippen LogP contribution in [0.15, 0.2) is 85.2 Å². The van der Waals surface area contributed by atoms with E-state index in [-0.39, 0.29) is 26.2 Å². The van der Waals surface area contributed by atoms with Crippen LogP contribution in [-0.2, 0) is 37.4 Å². The number of hydrogen-bond donors (Lipinski definition) is 5. The lowest BCUT2D eigenvalue weighted by atomic mass is 9.89. The molecule has 1 aromatic heterocycles. The number of pyridine rings is 1. The van der Waals surface area contributed by atoms with Gasteiger partial charge in [-0.1, -0.05) is 66.2 Å². The Morgan fingerprint density at radius 2 is 1.65 bits per heavy atom. The predicted octanol–water partition coefficient (Wildman–Crippen LogP) is 6.97. The molecule has 0 spiro atoms. The first-order chi connectivity index (χ1) is 26.3. The van der Waals surface area contributed by atoms with E-state index >= 15 is 0 Å². The van der Waals surface area contributed by atoms with E-state index in [2.05, 4.69) is 89.4 Å². The van der Waals surface area contributed by atoms with Crippen LogP contribution in [0.2, 0.25) is 5.02 Å². The number of aldehydes is 1. The standard InChI is InChI=1S/C44H49ClN4O5/c1-28-33(6-4-8-40(28)41-9-5-7-39(29(41)2)32-11-10-31-18-36(49-13-15-51)19-34(31)17-32)27-54-44-21-43(53-26-30-16-37(46-3)24-47-22-30)35(20-42(44)45)23-48-25-38(52)12-14-50/h4-11,14,16-17,20-22,24,36,38,46,48-49,51-52H,12-13,15,18-19,23,25-27H2,1-3H3/t36?,38-/m0/s1. The van der Waals surface area contributed by atoms with Crippen LogP contribution in [0.5, 0.6) is 11.5 Å². The van der Waals surface area contributed by atoms with Crippen molar-refractivity contribution in [2.75, 3.05) is 32.1 Å². The molecule has 1 unspecified atom stereocenters.